The molecule has 2 aromatic carbocycles. The molecular weight excluding hydrogens is 750 g/mol. The van der Waals surface area contributed by atoms with Crippen molar-refractivity contribution in [3.05, 3.63) is 75.7 Å². The van der Waals surface area contributed by atoms with Crippen LogP contribution < -0.4 is 20.3 Å². The number of halogens is 9. The highest BCUT2D eigenvalue weighted by Gasteiger charge is 2.54. The average Bonchev–Trinajstić information content (AvgIpc) is 3.62. The highest BCUT2D eigenvalue weighted by Crippen LogP contribution is 2.32. The Balaban J connectivity index is 0.000000434. The summed E-state index contributed by atoms with van der Waals surface area (Å²) in [5.74, 6) is -8.08. The van der Waals surface area contributed by atoms with Crippen LogP contribution in [-0.4, -0.2) is 84.9 Å². The second-order valence-electron chi connectivity index (χ2n) is 11.7. The third-order valence-corrected chi connectivity index (χ3v) is 8.37. The Morgan fingerprint density at radius 2 is 1.40 bits per heavy atom. The average molecular weight is 781 g/mol. The van der Waals surface area contributed by atoms with E-state index in [4.69, 9.17) is 27.9 Å². The maximum absolute atomic E-state index is 14.2. The third kappa shape index (κ3) is 10.8. The molecule has 0 saturated carbocycles. The van der Waals surface area contributed by atoms with Crippen LogP contribution in [0.5, 0.6) is 5.75 Å². The van der Waals surface area contributed by atoms with Gasteiger partial charge in [-0.3, -0.25) is 19.2 Å². The van der Waals surface area contributed by atoms with Crippen LogP contribution in [0.4, 0.5) is 47.9 Å². The summed E-state index contributed by atoms with van der Waals surface area (Å²) in [5.41, 5.74) is 1.38. The molecule has 0 aliphatic carbocycles. The van der Waals surface area contributed by atoms with Crippen molar-refractivity contribution in [2.75, 3.05) is 48.8 Å². The fraction of sp³-hybridized carbons (Fsp3) is 0.364. The van der Waals surface area contributed by atoms with Gasteiger partial charge in [-0.15, -0.1) is 0 Å². The van der Waals surface area contributed by atoms with E-state index in [9.17, 15) is 49.9 Å². The second kappa shape index (κ2) is 16.9. The van der Waals surface area contributed by atoms with Crippen LogP contribution in [0.15, 0.2) is 48.7 Å². The summed E-state index contributed by atoms with van der Waals surface area (Å²) < 4.78 is 87.6. The predicted octanol–water partition coefficient (Wildman–Crippen LogP) is 7.35. The first-order valence-electron chi connectivity index (χ1n) is 15.5. The molecule has 10 nitrogen and oxygen atoms in total. The van der Waals surface area contributed by atoms with E-state index in [0.29, 0.717) is 16.3 Å². The molecule has 52 heavy (non-hydrogen) atoms. The zero-order chi connectivity index (χ0) is 38.4. The number of ketones is 2. The van der Waals surface area contributed by atoms with Crippen LogP contribution >= 0.6 is 23.2 Å². The van der Waals surface area contributed by atoms with E-state index in [0.717, 1.165) is 63.6 Å². The summed E-state index contributed by atoms with van der Waals surface area (Å²) in [6, 6.07) is 10.6. The SMILES string of the molecule is CN1CCC(Oc2cc(N3CCCC3)ccc2C(=O)Nc2ccc(F)cc2C(=O)Nc2ncc(Cl)cc2Cl)CC1.O=C(C(=O)C(F)(F)F)C(F)(F)F. The monoisotopic (exact) mass is 779 g/mol. The molecule has 2 saturated heterocycles. The molecule has 2 amide bonds. The van der Waals surface area contributed by atoms with Gasteiger partial charge >= 0.3 is 23.9 Å². The number of amides is 2. The van der Waals surface area contributed by atoms with Crippen LogP contribution in [0, 0.1) is 5.82 Å². The summed E-state index contributed by atoms with van der Waals surface area (Å²) in [5, 5.41) is 5.75. The van der Waals surface area contributed by atoms with E-state index in [1.165, 1.54) is 24.4 Å². The fourth-order valence-corrected chi connectivity index (χ4v) is 5.62. The summed E-state index contributed by atoms with van der Waals surface area (Å²) in [6.45, 7) is 3.75. The maximum atomic E-state index is 14.2. The number of ether oxygens (including phenoxy) is 1. The van der Waals surface area contributed by atoms with Gasteiger partial charge in [0, 0.05) is 44.1 Å². The number of alkyl halides is 6. The van der Waals surface area contributed by atoms with Gasteiger partial charge in [0.1, 0.15) is 17.7 Å². The molecule has 5 rings (SSSR count). The Hall–Kier alpha value is -4.48. The molecule has 19 heteroatoms. The van der Waals surface area contributed by atoms with Crippen molar-refractivity contribution in [3.63, 3.8) is 0 Å². The molecule has 3 heterocycles. The number of anilines is 3. The molecule has 2 aliphatic heterocycles. The normalized spacial score (nSPS) is 15.4. The number of piperidine rings is 1. The molecular formula is C33H30Cl2F7N5O5. The van der Waals surface area contributed by atoms with Gasteiger partial charge in [0.25, 0.3) is 11.8 Å². The minimum Gasteiger partial charge on any atom is -0.489 e. The number of hydrogen-bond donors (Lipinski definition) is 2. The lowest BCUT2D eigenvalue weighted by atomic mass is 10.1. The van der Waals surface area contributed by atoms with Gasteiger partial charge in [-0.05, 0) is 69.1 Å². The zero-order valence-electron chi connectivity index (χ0n) is 27.1. The van der Waals surface area contributed by atoms with E-state index < -0.39 is 41.6 Å². The number of Topliss-reactive ketones (excluding diaryl/α,β-unsaturated/α-hetero) is 2. The topological polar surface area (TPSA) is 121 Å². The molecule has 1 aromatic heterocycles. The predicted molar refractivity (Wildman–Crippen MR) is 178 cm³/mol. The van der Waals surface area contributed by atoms with Crippen molar-refractivity contribution < 1.29 is 54.6 Å². The van der Waals surface area contributed by atoms with Gasteiger partial charge in [0.2, 0.25) is 0 Å². The minimum absolute atomic E-state index is 0.0136. The van der Waals surface area contributed by atoms with Gasteiger partial charge in [-0.1, -0.05) is 23.2 Å². The van der Waals surface area contributed by atoms with Crippen LogP contribution in [-0.2, 0) is 9.59 Å². The highest BCUT2D eigenvalue weighted by molar-refractivity contribution is 6.41. The van der Waals surface area contributed by atoms with Crippen molar-refractivity contribution in [3.8, 4) is 5.75 Å². The lowest BCUT2D eigenvalue weighted by molar-refractivity contribution is -0.193. The zero-order valence-corrected chi connectivity index (χ0v) is 28.6. The first kappa shape index (κ1) is 40.3. The molecule has 2 aliphatic rings. The smallest absolute Gasteiger partial charge is 0.458 e. The highest BCUT2D eigenvalue weighted by atomic mass is 35.5. The number of pyridine rings is 1. The van der Waals surface area contributed by atoms with E-state index in [-0.39, 0.29) is 28.2 Å². The molecule has 0 spiro atoms. The van der Waals surface area contributed by atoms with Crippen molar-refractivity contribution in [1.29, 1.82) is 0 Å². The van der Waals surface area contributed by atoms with Crippen molar-refractivity contribution >= 4 is 63.8 Å². The number of benzene rings is 2. The number of nitrogens with one attached hydrogen (secondary N) is 2. The van der Waals surface area contributed by atoms with Crippen molar-refractivity contribution in [1.82, 2.24) is 9.88 Å². The summed E-state index contributed by atoms with van der Waals surface area (Å²) >= 11 is 12.0. The first-order valence-corrected chi connectivity index (χ1v) is 16.3. The van der Waals surface area contributed by atoms with Gasteiger partial charge in [-0.25, -0.2) is 9.37 Å². The Morgan fingerprint density at radius 3 is 1.98 bits per heavy atom. The quantitative estimate of drug-likeness (QED) is 0.180. The van der Waals surface area contributed by atoms with E-state index in [2.05, 4.69) is 32.5 Å². The molecule has 0 radical (unpaired) electrons. The Labute approximate surface area is 302 Å². The van der Waals surface area contributed by atoms with Gasteiger partial charge in [0.15, 0.2) is 5.82 Å². The van der Waals surface area contributed by atoms with Crippen LogP contribution in [0.3, 0.4) is 0 Å². The fourth-order valence-electron chi connectivity index (χ4n) is 5.19. The lowest BCUT2D eigenvalue weighted by Gasteiger charge is -2.30. The van der Waals surface area contributed by atoms with Crippen molar-refractivity contribution in [2.24, 2.45) is 0 Å². The lowest BCUT2D eigenvalue weighted by Crippen LogP contribution is -2.39. The number of carbonyl (C=O) groups is 4. The van der Waals surface area contributed by atoms with Gasteiger partial charge in [-0.2, -0.15) is 26.3 Å². The second-order valence-corrected chi connectivity index (χ2v) is 12.6. The molecule has 2 fully saturated rings. The molecule has 0 atom stereocenters. The van der Waals surface area contributed by atoms with Crippen LogP contribution in [0.25, 0.3) is 0 Å². The standard InChI is InChI=1S/C29H30Cl2FN5O3.C4F6O2/c1-36-12-8-21(9-13-36)40-26-16-20(37-10-2-3-11-37)5-6-22(26)28(38)34-25-7-4-19(32)15-23(25)29(39)35-27-24(31)14-18(30)17-33-27;5-3(6,7)1(11)2(12)4(8,9)10/h4-7,14-17,21H,2-3,8-13H2,1H3,(H,34,38)(H,33,35,39);. The van der Waals surface area contributed by atoms with Crippen LogP contribution in [0.1, 0.15) is 46.4 Å². The summed E-state index contributed by atoms with van der Waals surface area (Å²) in [4.78, 5) is 54.5. The molecule has 2 N–H and O–H groups in total. The first-order chi connectivity index (χ1) is 24.3. The molecule has 0 unspecified atom stereocenters. The number of rotatable bonds is 8. The number of aromatic nitrogens is 1. The molecule has 0 bridgehead atoms. The number of hydrogen-bond acceptors (Lipinski definition) is 8. The molecule has 3 aromatic rings. The van der Waals surface area contributed by atoms with E-state index in [1.54, 1.807) is 6.07 Å². The minimum atomic E-state index is -5.77. The van der Waals surface area contributed by atoms with E-state index in [1.807, 2.05) is 12.1 Å². The maximum Gasteiger partial charge on any atom is 0.458 e. The van der Waals surface area contributed by atoms with Gasteiger partial charge < -0.3 is 25.2 Å². The summed E-state index contributed by atoms with van der Waals surface area (Å²) in [7, 11) is 2.08. The largest absolute Gasteiger partial charge is 0.489 e. The van der Waals surface area contributed by atoms with Gasteiger partial charge in [0.05, 0.1) is 26.9 Å². The Bertz CT molecular complexity index is 1790. The van der Waals surface area contributed by atoms with E-state index >= 15 is 0 Å². The van der Waals surface area contributed by atoms with Crippen LogP contribution in [0.2, 0.25) is 10.0 Å². The Kier molecular flexibility index (Phi) is 13.1. The number of nitrogens with zero attached hydrogens (tertiary/aromatic N) is 3. The number of carbonyl (C=O) groups excluding carboxylic acids is 4. The third-order valence-electron chi connectivity index (χ3n) is 7.88. The number of likely N-dealkylation sites (tertiary alicyclic amines) is 1. The van der Waals surface area contributed by atoms with Crippen molar-refractivity contribution in [2.45, 2.75) is 44.1 Å². The molecule has 280 valence electrons. The Morgan fingerprint density at radius 1 is 0.808 bits per heavy atom. The summed E-state index contributed by atoms with van der Waals surface area (Å²) in [6.07, 6.45) is -6.27.